The SMILES string of the molecule is CC1(C)OB(c2ccc3c(c2)c2cc(-c4ccc5sc6ccc(-c7ccccc7)cc6c5c4)ccc2n3-c2ccccc2)OC1(C)C. The maximum Gasteiger partial charge on any atom is 0.494 e. The highest BCUT2D eigenvalue weighted by atomic mass is 32.1. The molecular formula is C42H34BNO2S. The fraction of sp³-hybridized carbons (Fsp3) is 0.143. The Morgan fingerprint density at radius 3 is 1.60 bits per heavy atom. The van der Waals surface area contributed by atoms with Crippen molar-refractivity contribution in [1.29, 1.82) is 0 Å². The topological polar surface area (TPSA) is 23.4 Å². The number of thiophene rings is 1. The monoisotopic (exact) mass is 627 g/mol. The van der Waals surface area contributed by atoms with Crippen LogP contribution in [0.15, 0.2) is 133 Å². The van der Waals surface area contributed by atoms with Gasteiger partial charge in [-0.1, -0.05) is 78.9 Å². The van der Waals surface area contributed by atoms with E-state index in [-0.39, 0.29) is 0 Å². The second kappa shape index (κ2) is 10.4. The first-order valence-electron chi connectivity index (χ1n) is 16.3. The van der Waals surface area contributed by atoms with Crippen molar-refractivity contribution in [2.45, 2.75) is 38.9 Å². The Morgan fingerprint density at radius 2 is 0.979 bits per heavy atom. The third-order valence-electron chi connectivity index (χ3n) is 10.2. The number of hydrogen-bond acceptors (Lipinski definition) is 3. The van der Waals surface area contributed by atoms with Gasteiger partial charge in [-0.25, -0.2) is 0 Å². The van der Waals surface area contributed by atoms with Crippen molar-refractivity contribution in [2.75, 3.05) is 0 Å². The van der Waals surface area contributed by atoms with E-state index in [0.717, 1.165) is 16.7 Å². The molecule has 0 unspecified atom stereocenters. The summed E-state index contributed by atoms with van der Waals surface area (Å²) in [5.74, 6) is 0. The fourth-order valence-electron chi connectivity index (χ4n) is 6.97. The number of aromatic nitrogens is 1. The first-order valence-corrected chi connectivity index (χ1v) is 17.1. The minimum Gasteiger partial charge on any atom is -0.399 e. The number of para-hydroxylation sites is 1. The van der Waals surface area contributed by atoms with Crippen LogP contribution in [0.2, 0.25) is 0 Å². The van der Waals surface area contributed by atoms with Crippen LogP contribution in [0, 0.1) is 0 Å². The molecule has 0 radical (unpaired) electrons. The first kappa shape index (κ1) is 28.5. The summed E-state index contributed by atoms with van der Waals surface area (Å²) in [6, 6.07) is 48.6. The molecule has 47 heavy (non-hydrogen) atoms. The molecule has 0 aliphatic carbocycles. The van der Waals surface area contributed by atoms with Gasteiger partial charge in [0.05, 0.1) is 22.2 Å². The van der Waals surface area contributed by atoms with Gasteiger partial charge >= 0.3 is 7.12 Å². The lowest BCUT2D eigenvalue weighted by Crippen LogP contribution is -2.41. The van der Waals surface area contributed by atoms with Crippen LogP contribution in [0.5, 0.6) is 0 Å². The smallest absolute Gasteiger partial charge is 0.399 e. The average Bonchev–Trinajstić information content (AvgIpc) is 3.69. The van der Waals surface area contributed by atoms with Gasteiger partial charge in [-0.3, -0.25) is 0 Å². The van der Waals surface area contributed by atoms with Crippen molar-refractivity contribution in [3.8, 4) is 27.9 Å². The summed E-state index contributed by atoms with van der Waals surface area (Å²) in [5, 5.41) is 5.01. The molecule has 0 N–H and O–H groups in total. The minimum absolute atomic E-state index is 0.399. The predicted molar refractivity (Wildman–Crippen MR) is 200 cm³/mol. The van der Waals surface area contributed by atoms with Gasteiger partial charge in [0.15, 0.2) is 0 Å². The molecule has 0 amide bonds. The summed E-state index contributed by atoms with van der Waals surface area (Å²) in [4.78, 5) is 0. The lowest BCUT2D eigenvalue weighted by atomic mass is 9.78. The number of fused-ring (bicyclic) bond motifs is 6. The molecule has 9 rings (SSSR count). The molecule has 0 bridgehead atoms. The molecule has 1 saturated heterocycles. The van der Waals surface area contributed by atoms with Crippen molar-refractivity contribution in [3.63, 3.8) is 0 Å². The van der Waals surface area contributed by atoms with Gasteiger partial charge in [0.1, 0.15) is 0 Å². The van der Waals surface area contributed by atoms with Crippen molar-refractivity contribution in [2.24, 2.45) is 0 Å². The van der Waals surface area contributed by atoms with Crippen LogP contribution >= 0.6 is 11.3 Å². The highest BCUT2D eigenvalue weighted by Crippen LogP contribution is 2.41. The molecule has 1 fully saturated rings. The number of hydrogen-bond donors (Lipinski definition) is 0. The maximum atomic E-state index is 6.47. The van der Waals surface area contributed by atoms with Crippen LogP contribution in [0.25, 0.3) is 69.9 Å². The molecule has 6 aromatic carbocycles. The van der Waals surface area contributed by atoms with E-state index in [9.17, 15) is 0 Å². The Bertz CT molecular complexity index is 2460. The Balaban J connectivity index is 1.21. The first-order chi connectivity index (χ1) is 22.8. The van der Waals surface area contributed by atoms with Gasteiger partial charge in [-0.05, 0) is 110 Å². The second-order valence-corrected chi connectivity index (χ2v) is 14.7. The van der Waals surface area contributed by atoms with Gasteiger partial charge in [-0.2, -0.15) is 0 Å². The van der Waals surface area contributed by atoms with Crippen LogP contribution in [0.1, 0.15) is 27.7 Å². The molecule has 0 atom stereocenters. The molecule has 1 aliphatic heterocycles. The highest BCUT2D eigenvalue weighted by Gasteiger charge is 2.51. The molecule has 0 saturated carbocycles. The van der Waals surface area contributed by atoms with Gasteiger partial charge in [0.25, 0.3) is 0 Å². The van der Waals surface area contributed by atoms with Crippen molar-refractivity contribution in [3.05, 3.63) is 133 Å². The third kappa shape index (κ3) is 4.56. The molecule has 1 aliphatic rings. The number of nitrogens with zero attached hydrogens (tertiary/aromatic N) is 1. The fourth-order valence-corrected chi connectivity index (χ4v) is 8.04. The molecule has 5 heteroatoms. The van der Waals surface area contributed by atoms with E-state index in [1.54, 1.807) is 0 Å². The molecule has 3 nitrogen and oxygen atoms in total. The Morgan fingerprint density at radius 1 is 0.489 bits per heavy atom. The van der Waals surface area contributed by atoms with Crippen LogP contribution in [0.4, 0.5) is 0 Å². The zero-order chi connectivity index (χ0) is 31.9. The van der Waals surface area contributed by atoms with E-state index in [0.29, 0.717) is 0 Å². The lowest BCUT2D eigenvalue weighted by Gasteiger charge is -2.32. The molecular weight excluding hydrogens is 593 g/mol. The van der Waals surface area contributed by atoms with Gasteiger partial charge in [0, 0.05) is 36.6 Å². The second-order valence-electron chi connectivity index (χ2n) is 13.7. The summed E-state index contributed by atoms with van der Waals surface area (Å²) in [6.45, 7) is 8.42. The Hall–Kier alpha value is -4.68. The van der Waals surface area contributed by atoms with Gasteiger partial charge in [0.2, 0.25) is 0 Å². The summed E-state index contributed by atoms with van der Waals surface area (Å²) < 4.78 is 17.9. The quantitative estimate of drug-likeness (QED) is 0.181. The van der Waals surface area contributed by atoms with Crippen molar-refractivity contribution >= 4 is 65.9 Å². The molecule has 2 aromatic heterocycles. The zero-order valence-electron chi connectivity index (χ0n) is 27.0. The summed E-state index contributed by atoms with van der Waals surface area (Å²) in [6.07, 6.45) is 0. The third-order valence-corrected chi connectivity index (χ3v) is 11.4. The maximum absolute atomic E-state index is 6.47. The van der Waals surface area contributed by atoms with E-state index in [1.165, 1.54) is 58.7 Å². The summed E-state index contributed by atoms with van der Waals surface area (Å²) in [5.41, 5.74) is 8.62. The highest BCUT2D eigenvalue weighted by molar-refractivity contribution is 7.25. The normalized spacial score (nSPS) is 15.8. The predicted octanol–water partition coefficient (Wildman–Crippen LogP) is 10.8. The van der Waals surface area contributed by atoms with Crippen molar-refractivity contribution in [1.82, 2.24) is 4.57 Å². The largest absolute Gasteiger partial charge is 0.494 e. The number of benzene rings is 6. The van der Waals surface area contributed by atoms with E-state index < -0.39 is 18.3 Å². The summed E-state index contributed by atoms with van der Waals surface area (Å²) in [7, 11) is -0.419. The Kier molecular flexibility index (Phi) is 6.32. The van der Waals surface area contributed by atoms with Gasteiger partial charge in [-0.15, -0.1) is 11.3 Å². The molecule has 228 valence electrons. The van der Waals surface area contributed by atoms with Gasteiger partial charge < -0.3 is 13.9 Å². The Labute approximate surface area is 279 Å². The van der Waals surface area contributed by atoms with Crippen LogP contribution in [0.3, 0.4) is 0 Å². The van der Waals surface area contributed by atoms with E-state index >= 15 is 0 Å². The zero-order valence-corrected chi connectivity index (χ0v) is 27.8. The van der Waals surface area contributed by atoms with E-state index in [2.05, 4.69) is 166 Å². The minimum atomic E-state index is -0.419. The van der Waals surface area contributed by atoms with E-state index in [1.807, 2.05) is 11.3 Å². The van der Waals surface area contributed by atoms with E-state index in [4.69, 9.17) is 9.31 Å². The summed E-state index contributed by atoms with van der Waals surface area (Å²) >= 11 is 1.86. The number of rotatable bonds is 4. The van der Waals surface area contributed by atoms with Crippen molar-refractivity contribution < 1.29 is 9.31 Å². The molecule has 3 heterocycles. The van der Waals surface area contributed by atoms with Crippen LogP contribution < -0.4 is 5.46 Å². The molecule has 8 aromatic rings. The lowest BCUT2D eigenvalue weighted by molar-refractivity contribution is 0.00578. The van der Waals surface area contributed by atoms with Crippen LogP contribution in [-0.2, 0) is 9.31 Å². The van der Waals surface area contributed by atoms with Crippen LogP contribution in [-0.4, -0.2) is 22.9 Å². The average molecular weight is 628 g/mol. The standard InChI is InChI=1S/C42H34BNO2S/c1-41(2)42(3,4)46-43(45-41)31-18-20-38-34(26-31)33-23-29(15-19-37(33)44(38)32-13-9-6-10-14-32)30-17-22-40-36(25-30)35-24-28(16-21-39(35)47-40)27-11-7-5-8-12-27/h5-26H,1-4H3. The molecule has 0 spiro atoms.